The van der Waals surface area contributed by atoms with Crippen molar-refractivity contribution in [3.05, 3.63) is 78.1 Å². The van der Waals surface area contributed by atoms with Gasteiger partial charge in [-0.3, -0.25) is 9.10 Å². The normalized spacial score (nSPS) is 12.8. The summed E-state index contributed by atoms with van der Waals surface area (Å²) in [4.78, 5) is 12.7. The van der Waals surface area contributed by atoms with Crippen LogP contribution in [0.4, 0.5) is 10.1 Å². The number of ether oxygens (including phenoxy) is 3. The van der Waals surface area contributed by atoms with Crippen LogP contribution in [0.1, 0.15) is 25.3 Å². The third-order valence-electron chi connectivity index (χ3n) is 5.73. The Morgan fingerprint density at radius 1 is 1.03 bits per heavy atom. The Labute approximate surface area is 216 Å². The van der Waals surface area contributed by atoms with Gasteiger partial charge in [-0.15, -0.1) is 0 Å². The number of benzene rings is 3. The number of nitrogens with one attached hydrogen (secondary N) is 1. The van der Waals surface area contributed by atoms with E-state index in [4.69, 9.17) is 14.2 Å². The van der Waals surface area contributed by atoms with Crippen molar-refractivity contribution in [1.82, 2.24) is 5.32 Å². The van der Waals surface area contributed by atoms with Crippen LogP contribution in [0.15, 0.2) is 71.6 Å². The number of carbonyl (C=O) groups excluding carboxylic acids is 1. The number of carbonyl (C=O) groups is 1. The molecule has 0 saturated heterocycles. The van der Waals surface area contributed by atoms with E-state index in [-0.39, 0.29) is 29.7 Å². The highest BCUT2D eigenvalue weighted by Gasteiger charge is 2.29. The molecule has 0 bridgehead atoms. The number of sulfonamides is 1. The van der Waals surface area contributed by atoms with Crippen molar-refractivity contribution in [2.45, 2.75) is 24.7 Å². The maximum absolute atomic E-state index is 13.6. The predicted octanol–water partition coefficient (Wildman–Crippen LogP) is 4.11. The van der Waals surface area contributed by atoms with E-state index < -0.39 is 28.3 Å². The largest absolute Gasteiger partial charge is 0.491 e. The molecule has 0 saturated carbocycles. The Bertz CT molecular complexity index is 1350. The minimum atomic E-state index is -4.20. The fraction of sp³-hybridized carbons (Fsp3) is 0.296. The Hall–Kier alpha value is -3.79. The quantitative estimate of drug-likeness (QED) is 0.398. The van der Waals surface area contributed by atoms with E-state index in [9.17, 15) is 17.6 Å². The Morgan fingerprint density at radius 2 is 1.73 bits per heavy atom. The molecule has 0 unspecified atom stereocenters. The van der Waals surface area contributed by atoms with Crippen LogP contribution in [0, 0.1) is 5.82 Å². The van der Waals surface area contributed by atoms with Gasteiger partial charge >= 0.3 is 0 Å². The molecular formula is C27H29FN2O6S. The smallest absolute Gasteiger partial charge is 0.264 e. The molecule has 1 aliphatic heterocycles. The fourth-order valence-corrected chi connectivity index (χ4v) is 5.30. The van der Waals surface area contributed by atoms with E-state index in [1.54, 1.807) is 0 Å². The summed E-state index contributed by atoms with van der Waals surface area (Å²) >= 11 is 0. The highest BCUT2D eigenvalue weighted by molar-refractivity contribution is 7.92. The molecule has 4 rings (SSSR count). The summed E-state index contributed by atoms with van der Waals surface area (Å²) < 4.78 is 58.5. The minimum Gasteiger partial charge on any atom is -0.491 e. The van der Waals surface area contributed by atoms with Crippen molar-refractivity contribution < 1.29 is 31.8 Å². The SMILES string of the molecule is CC(C)c1ccccc1OCCNC(=O)CN(c1ccc(F)cc1)S(=O)(=O)c1ccc2c(c1)OCCO2. The van der Waals surface area contributed by atoms with Gasteiger partial charge in [0, 0.05) is 6.07 Å². The minimum absolute atomic E-state index is 0.0810. The first kappa shape index (κ1) is 26.3. The summed E-state index contributed by atoms with van der Waals surface area (Å²) in [5, 5.41) is 2.70. The molecule has 8 nitrogen and oxygen atoms in total. The Kier molecular flexibility index (Phi) is 8.17. The van der Waals surface area contributed by atoms with Crippen molar-refractivity contribution in [2.24, 2.45) is 0 Å². The summed E-state index contributed by atoms with van der Waals surface area (Å²) in [6, 6.07) is 16.8. The first-order valence-electron chi connectivity index (χ1n) is 11.9. The highest BCUT2D eigenvalue weighted by atomic mass is 32.2. The average molecular weight is 529 g/mol. The van der Waals surface area contributed by atoms with E-state index in [1.807, 2.05) is 24.3 Å². The van der Waals surface area contributed by atoms with Crippen molar-refractivity contribution in [1.29, 1.82) is 0 Å². The average Bonchev–Trinajstić information content (AvgIpc) is 2.90. The molecule has 37 heavy (non-hydrogen) atoms. The summed E-state index contributed by atoms with van der Waals surface area (Å²) in [5.41, 5.74) is 1.20. The second-order valence-electron chi connectivity index (χ2n) is 8.68. The van der Waals surface area contributed by atoms with Gasteiger partial charge in [0.2, 0.25) is 5.91 Å². The second kappa shape index (κ2) is 11.5. The maximum Gasteiger partial charge on any atom is 0.264 e. The number of anilines is 1. The molecule has 1 aliphatic rings. The van der Waals surface area contributed by atoms with Gasteiger partial charge in [-0.1, -0.05) is 32.0 Å². The maximum atomic E-state index is 13.6. The molecule has 10 heteroatoms. The number of nitrogens with zero attached hydrogens (tertiary/aromatic N) is 1. The molecule has 0 atom stereocenters. The molecule has 3 aromatic carbocycles. The van der Waals surface area contributed by atoms with Gasteiger partial charge < -0.3 is 19.5 Å². The zero-order chi connectivity index (χ0) is 26.4. The zero-order valence-electron chi connectivity index (χ0n) is 20.6. The molecule has 0 aromatic heterocycles. The highest BCUT2D eigenvalue weighted by Crippen LogP contribution is 2.34. The van der Waals surface area contributed by atoms with Crippen LogP contribution >= 0.6 is 0 Å². The first-order valence-corrected chi connectivity index (χ1v) is 13.4. The number of hydrogen-bond donors (Lipinski definition) is 1. The number of halogens is 1. The van der Waals surface area contributed by atoms with E-state index in [1.165, 1.54) is 30.3 Å². The molecule has 0 fully saturated rings. The van der Waals surface area contributed by atoms with Crippen LogP contribution in [0.5, 0.6) is 17.2 Å². The molecule has 0 spiro atoms. The summed E-state index contributed by atoms with van der Waals surface area (Å²) in [6.07, 6.45) is 0. The third kappa shape index (κ3) is 6.32. The van der Waals surface area contributed by atoms with Crippen molar-refractivity contribution >= 4 is 21.6 Å². The van der Waals surface area contributed by atoms with Crippen LogP contribution in [0.2, 0.25) is 0 Å². The van der Waals surface area contributed by atoms with Crippen molar-refractivity contribution in [3.8, 4) is 17.2 Å². The van der Waals surface area contributed by atoms with E-state index >= 15 is 0 Å². The number of amides is 1. The fourth-order valence-electron chi connectivity index (χ4n) is 3.86. The Morgan fingerprint density at radius 3 is 2.46 bits per heavy atom. The van der Waals surface area contributed by atoms with Crippen molar-refractivity contribution in [3.63, 3.8) is 0 Å². The van der Waals surface area contributed by atoms with Gasteiger partial charge in [0.1, 0.15) is 37.9 Å². The second-order valence-corrected chi connectivity index (χ2v) is 10.5. The zero-order valence-corrected chi connectivity index (χ0v) is 21.5. The topological polar surface area (TPSA) is 94.2 Å². The molecule has 0 radical (unpaired) electrons. The van der Waals surface area contributed by atoms with E-state index in [0.717, 1.165) is 27.8 Å². The number of para-hydroxylation sites is 1. The monoisotopic (exact) mass is 528 g/mol. The molecule has 1 N–H and O–H groups in total. The standard InChI is InChI=1S/C27H29FN2O6S/c1-19(2)23-5-3-4-6-24(23)34-14-13-29-27(31)18-30(21-9-7-20(28)8-10-21)37(32,33)22-11-12-25-26(17-22)36-16-15-35-25/h3-12,17,19H,13-16,18H2,1-2H3,(H,29,31). The molecule has 1 amide bonds. The summed E-state index contributed by atoms with van der Waals surface area (Å²) in [6.45, 7) is 4.67. The molecule has 0 aliphatic carbocycles. The van der Waals surface area contributed by atoms with Crippen LogP contribution in [0.3, 0.4) is 0 Å². The van der Waals surface area contributed by atoms with Gasteiger partial charge in [0.25, 0.3) is 10.0 Å². The lowest BCUT2D eigenvalue weighted by Crippen LogP contribution is -2.42. The molecular weight excluding hydrogens is 499 g/mol. The van der Waals surface area contributed by atoms with Gasteiger partial charge in [-0.25, -0.2) is 12.8 Å². The van der Waals surface area contributed by atoms with Crippen LogP contribution in [-0.2, 0) is 14.8 Å². The van der Waals surface area contributed by atoms with Crippen molar-refractivity contribution in [2.75, 3.05) is 37.2 Å². The van der Waals surface area contributed by atoms with Gasteiger partial charge in [-0.05, 0) is 53.9 Å². The molecule has 1 heterocycles. The first-order chi connectivity index (χ1) is 17.8. The van der Waals surface area contributed by atoms with Crippen LogP contribution < -0.4 is 23.8 Å². The number of fused-ring (bicyclic) bond motifs is 1. The van der Waals surface area contributed by atoms with Crippen LogP contribution in [0.25, 0.3) is 0 Å². The molecule has 3 aromatic rings. The van der Waals surface area contributed by atoms with Gasteiger partial charge in [-0.2, -0.15) is 0 Å². The van der Waals surface area contributed by atoms with Crippen LogP contribution in [-0.4, -0.2) is 47.2 Å². The summed E-state index contributed by atoms with van der Waals surface area (Å²) in [7, 11) is -4.20. The lowest BCUT2D eigenvalue weighted by atomic mass is 10.0. The molecule has 196 valence electrons. The van der Waals surface area contributed by atoms with E-state index in [2.05, 4.69) is 19.2 Å². The number of hydrogen-bond acceptors (Lipinski definition) is 6. The van der Waals surface area contributed by atoms with Gasteiger partial charge in [0.05, 0.1) is 17.1 Å². The van der Waals surface area contributed by atoms with Gasteiger partial charge in [0.15, 0.2) is 11.5 Å². The summed E-state index contributed by atoms with van der Waals surface area (Å²) in [5.74, 6) is 0.696. The Balaban J connectivity index is 1.47. The van der Waals surface area contributed by atoms with E-state index in [0.29, 0.717) is 24.7 Å². The lowest BCUT2D eigenvalue weighted by Gasteiger charge is -2.25. The third-order valence-corrected chi connectivity index (χ3v) is 7.50. The number of rotatable bonds is 10. The predicted molar refractivity (Wildman–Crippen MR) is 137 cm³/mol. The lowest BCUT2D eigenvalue weighted by molar-refractivity contribution is -0.119.